The third-order valence-electron chi connectivity index (χ3n) is 2.41. The molecule has 0 bridgehead atoms. The predicted molar refractivity (Wildman–Crippen MR) is 55.2 cm³/mol. The molecule has 1 aromatic heterocycles. The maximum atomic E-state index is 11.2. The molecule has 0 radical (unpaired) electrons. The van der Waals surface area contributed by atoms with Crippen molar-refractivity contribution in [2.45, 2.75) is 32.7 Å². The lowest BCUT2D eigenvalue weighted by molar-refractivity contribution is 0.239. The largest absolute Gasteiger partial charge is 0.396 e. The summed E-state index contributed by atoms with van der Waals surface area (Å²) in [5.41, 5.74) is -0.0657. The molecular formula is C10H18N2O2. The summed E-state index contributed by atoms with van der Waals surface area (Å²) in [6.45, 7) is 3.02. The van der Waals surface area contributed by atoms with Gasteiger partial charge in [0.2, 0.25) is 0 Å². The second-order valence-corrected chi connectivity index (χ2v) is 3.58. The van der Waals surface area contributed by atoms with Gasteiger partial charge in [-0.3, -0.25) is 4.57 Å². The molecule has 0 aliphatic carbocycles. The molecule has 4 nitrogen and oxygen atoms in total. The fraction of sp³-hybridized carbons (Fsp3) is 0.700. The van der Waals surface area contributed by atoms with Crippen LogP contribution < -0.4 is 5.69 Å². The Hall–Kier alpha value is -1.03. The predicted octanol–water partition coefficient (Wildman–Crippen LogP) is 0.975. The third-order valence-corrected chi connectivity index (χ3v) is 2.41. The van der Waals surface area contributed by atoms with Crippen molar-refractivity contribution in [3.05, 3.63) is 22.9 Å². The van der Waals surface area contributed by atoms with E-state index in [2.05, 4.69) is 11.9 Å². The van der Waals surface area contributed by atoms with Crippen molar-refractivity contribution in [2.24, 2.45) is 5.92 Å². The Morgan fingerprint density at radius 3 is 2.86 bits per heavy atom. The quantitative estimate of drug-likeness (QED) is 0.715. The van der Waals surface area contributed by atoms with E-state index in [1.807, 2.05) is 0 Å². The number of aliphatic hydroxyl groups excluding tert-OH is 1. The van der Waals surface area contributed by atoms with Gasteiger partial charge in [0.25, 0.3) is 0 Å². The van der Waals surface area contributed by atoms with Crippen LogP contribution in [0.1, 0.15) is 26.2 Å². The van der Waals surface area contributed by atoms with Crippen molar-refractivity contribution in [1.82, 2.24) is 9.55 Å². The molecule has 80 valence electrons. The summed E-state index contributed by atoms with van der Waals surface area (Å²) >= 11 is 0. The third kappa shape index (κ3) is 3.03. The molecule has 0 spiro atoms. The van der Waals surface area contributed by atoms with Crippen LogP contribution in [0.5, 0.6) is 0 Å². The highest BCUT2D eigenvalue weighted by atomic mass is 16.3. The summed E-state index contributed by atoms with van der Waals surface area (Å²) < 4.78 is 1.66. The summed E-state index contributed by atoms with van der Waals surface area (Å²) in [6.07, 6.45) is 6.31. The maximum Gasteiger partial charge on any atom is 0.325 e. The van der Waals surface area contributed by atoms with E-state index in [-0.39, 0.29) is 12.3 Å². The molecule has 0 amide bonds. The van der Waals surface area contributed by atoms with Crippen molar-refractivity contribution in [3.8, 4) is 0 Å². The Bertz CT molecular complexity index is 297. The van der Waals surface area contributed by atoms with Gasteiger partial charge in [0, 0.05) is 25.5 Å². The first-order valence-electron chi connectivity index (χ1n) is 5.12. The molecule has 14 heavy (non-hydrogen) atoms. The van der Waals surface area contributed by atoms with Crippen LogP contribution in [0.25, 0.3) is 0 Å². The Labute approximate surface area is 83.6 Å². The summed E-state index contributed by atoms with van der Waals surface area (Å²) in [5.74, 6) is 0.401. The smallest absolute Gasteiger partial charge is 0.325 e. The van der Waals surface area contributed by atoms with Crippen molar-refractivity contribution >= 4 is 0 Å². The van der Waals surface area contributed by atoms with Crippen molar-refractivity contribution < 1.29 is 5.11 Å². The molecule has 0 fully saturated rings. The number of aromatic nitrogens is 2. The van der Waals surface area contributed by atoms with Crippen LogP contribution in [0.4, 0.5) is 0 Å². The van der Waals surface area contributed by atoms with Gasteiger partial charge in [0.15, 0.2) is 0 Å². The topological polar surface area (TPSA) is 58.0 Å². The van der Waals surface area contributed by atoms with E-state index < -0.39 is 0 Å². The minimum atomic E-state index is -0.0657. The summed E-state index contributed by atoms with van der Waals surface area (Å²) in [4.78, 5) is 13.8. The Kier molecular flexibility index (Phi) is 4.46. The first kappa shape index (κ1) is 11.0. The van der Waals surface area contributed by atoms with Gasteiger partial charge < -0.3 is 10.1 Å². The van der Waals surface area contributed by atoms with Crippen LogP contribution in [0, 0.1) is 5.92 Å². The summed E-state index contributed by atoms with van der Waals surface area (Å²) in [7, 11) is 0. The first-order chi connectivity index (χ1) is 6.77. The highest BCUT2D eigenvalue weighted by Crippen LogP contribution is 2.12. The number of hydrogen-bond donors (Lipinski definition) is 2. The van der Waals surface area contributed by atoms with Crippen LogP contribution in [0.15, 0.2) is 17.2 Å². The van der Waals surface area contributed by atoms with Crippen LogP contribution in [0.2, 0.25) is 0 Å². The van der Waals surface area contributed by atoms with Crippen molar-refractivity contribution in [3.63, 3.8) is 0 Å². The molecule has 1 atom stereocenters. The lowest BCUT2D eigenvalue weighted by Crippen LogP contribution is -2.21. The zero-order valence-corrected chi connectivity index (χ0v) is 8.57. The minimum Gasteiger partial charge on any atom is -0.396 e. The van der Waals surface area contributed by atoms with Gasteiger partial charge in [0.1, 0.15) is 0 Å². The number of nitrogens with one attached hydrogen (secondary N) is 1. The van der Waals surface area contributed by atoms with Gasteiger partial charge in [-0.2, -0.15) is 0 Å². The Balaban J connectivity index is 2.55. The van der Waals surface area contributed by atoms with Crippen LogP contribution >= 0.6 is 0 Å². The minimum absolute atomic E-state index is 0.0657. The number of hydrogen-bond acceptors (Lipinski definition) is 2. The molecule has 0 aliphatic rings. The van der Waals surface area contributed by atoms with Crippen LogP contribution in [-0.2, 0) is 6.54 Å². The average molecular weight is 198 g/mol. The maximum absolute atomic E-state index is 11.2. The summed E-state index contributed by atoms with van der Waals surface area (Å²) in [5, 5.41) is 8.87. The van der Waals surface area contributed by atoms with Gasteiger partial charge in [-0.15, -0.1) is 0 Å². The molecule has 4 heteroatoms. The normalized spacial score (nSPS) is 13.0. The molecule has 2 N–H and O–H groups in total. The van der Waals surface area contributed by atoms with Gasteiger partial charge in [-0.25, -0.2) is 4.79 Å². The summed E-state index contributed by atoms with van der Waals surface area (Å²) in [6, 6.07) is 0. The fourth-order valence-corrected chi connectivity index (χ4v) is 1.69. The second-order valence-electron chi connectivity index (χ2n) is 3.58. The van der Waals surface area contributed by atoms with E-state index in [0.29, 0.717) is 12.5 Å². The molecule has 0 aliphatic heterocycles. The first-order valence-corrected chi connectivity index (χ1v) is 5.12. The molecule has 1 heterocycles. The molecule has 1 unspecified atom stereocenters. The average Bonchev–Trinajstić information content (AvgIpc) is 2.53. The number of imidazole rings is 1. The zero-order chi connectivity index (χ0) is 10.4. The Morgan fingerprint density at radius 1 is 1.57 bits per heavy atom. The molecule has 1 aromatic rings. The van der Waals surface area contributed by atoms with Gasteiger partial charge in [-0.1, -0.05) is 13.3 Å². The Morgan fingerprint density at radius 2 is 2.36 bits per heavy atom. The van der Waals surface area contributed by atoms with E-state index in [0.717, 1.165) is 19.3 Å². The molecule has 0 saturated heterocycles. The second kappa shape index (κ2) is 5.65. The van der Waals surface area contributed by atoms with E-state index in [1.165, 1.54) is 0 Å². The number of rotatable bonds is 6. The molecule has 1 rings (SSSR count). The molecular weight excluding hydrogens is 180 g/mol. The van der Waals surface area contributed by atoms with Crippen LogP contribution in [0.3, 0.4) is 0 Å². The van der Waals surface area contributed by atoms with Gasteiger partial charge in [0.05, 0.1) is 0 Å². The van der Waals surface area contributed by atoms with E-state index in [4.69, 9.17) is 5.11 Å². The van der Waals surface area contributed by atoms with Crippen molar-refractivity contribution in [1.29, 1.82) is 0 Å². The van der Waals surface area contributed by atoms with E-state index in [1.54, 1.807) is 17.0 Å². The van der Waals surface area contributed by atoms with E-state index in [9.17, 15) is 4.79 Å². The lowest BCUT2D eigenvalue weighted by atomic mass is 10.0. The number of aromatic amines is 1. The fourth-order valence-electron chi connectivity index (χ4n) is 1.69. The SMILES string of the molecule is CCCC(CCO)Cn1cc[nH]c1=O. The monoisotopic (exact) mass is 198 g/mol. The van der Waals surface area contributed by atoms with Gasteiger partial charge in [-0.05, 0) is 18.8 Å². The van der Waals surface area contributed by atoms with Gasteiger partial charge >= 0.3 is 5.69 Å². The molecule has 0 aromatic carbocycles. The van der Waals surface area contributed by atoms with Crippen LogP contribution in [-0.4, -0.2) is 21.3 Å². The highest BCUT2D eigenvalue weighted by molar-refractivity contribution is 4.77. The number of aliphatic hydroxyl groups is 1. The standard InChI is InChI=1S/C10H18N2O2/c1-2-3-9(4-7-13)8-12-6-5-11-10(12)14/h5-6,9,13H,2-4,7-8H2,1H3,(H,11,14). The lowest BCUT2D eigenvalue weighted by Gasteiger charge is -2.14. The van der Waals surface area contributed by atoms with E-state index >= 15 is 0 Å². The number of H-pyrrole nitrogens is 1. The molecule has 0 saturated carbocycles. The van der Waals surface area contributed by atoms with Crippen molar-refractivity contribution in [2.75, 3.05) is 6.61 Å². The number of nitrogens with zero attached hydrogens (tertiary/aromatic N) is 1. The highest BCUT2D eigenvalue weighted by Gasteiger charge is 2.08. The zero-order valence-electron chi connectivity index (χ0n) is 8.57.